The van der Waals surface area contributed by atoms with Crippen LogP contribution in [0.5, 0.6) is 0 Å². The molecular formula is C11H16O3. The quantitative estimate of drug-likeness (QED) is 0.702. The van der Waals surface area contributed by atoms with Gasteiger partial charge in [-0.1, -0.05) is 30.3 Å². The van der Waals surface area contributed by atoms with Gasteiger partial charge in [-0.3, -0.25) is 0 Å². The fourth-order valence-electron chi connectivity index (χ4n) is 1.09. The molecule has 0 aliphatic heterocycles. The highest BCUT2D eigenvalue weighted by Gasteiger charge is 2.00. The van der Waals surface area contributed by atoms with Crippen molar-refractivity contribution >= 4 is 0 Å². The molecule has 3 nitrogen and oxygen atoms in total. The maximum atomic E-state index is 8.48. The minimum absolute atomic E-state index is 0.0660. The second-order valence-corrected chi connectivity index (χ2v) is 3.11. The molecule has 0 aliphatic rings. The van der Waals surface area contributed by atoms with Crippen LogP contribution in [-0.2, 0) is 16.1 Å². The first-order chi connectivity index (χ1) is 6.83. The summed E-state index contributed by atoms with van der Waals surface area (Å²) in [7, 11) is 0. The van der Waals surface area contributed by atoms with Gasteiger partial charge in [0.2, 0.25) is 0 Å². The predicted molar refractivity (Wildman–Crippen MR) is 53.7 cm³/mol. The first-order valence-corrected chi connectivity index (χ1v) is 4.67. The van der Waals surface area contributed by atoms with E-state index >= 15 is 0 Å². The van der Waals surface area contributed by atoms with Gasteiger partial charge < -0.3 is 14.6 Å². The van der Waals surface area contributed by atoms with Crippen molar-refractivity contribution in [2.24, 2.45) is 0 Å². The van der Waals surface area contributed by atoms with Gasteiger partial charge in [-0.05, 0) is 12.5 Å². The molecule has 0 heterocycles. The topological polar surface area (TPSA) is 38.7 Å². The molecule has 0 spiro atoms. The molecule has 14 heavy (non-hydrogen) atoms. The smallest absolute Gasteiger partial charge is 0.144 e. The summed E-state index contributed by atoms with van der Waals surface area (Å²) >= 11 is 0. The number of ether oxygens (including phenoxy) is 2. The Morgan fingerprint density at radius 2 is 2.00 bits per heavy atom. The fourth-order valence-corrected chi connectivity index (χ4v) is 1.09. The Bertz CT molecular complexity index is 236. The molecule has 0 saturated carbocycles. The Balaban J connectivity index is 2.16. The van der Waals surface area contributed by atoms with Crippen LogP contribution in [0.15, 0.2) is 30.3 Å². The highest BCUT2D eigenvalue weighted by molar-refractivity contribution is 5.13. The first-order valence-electron chi connectivity index (χ1n) is 4.67. The van der Waals surface area contributed by atoms with Gasteiger partial charge in [0, 0.05) is 0 Å². The second-order valence-electron chi connectivity index (χ2n) is 3.11. The minimum Gasteiger partial charge on any atom is -0.374 e. The molecule has 0 fully saturated rings. The van der Waals surface area contributed by atoms with Crippen molar-refractivity contribution < 1.29 is 14.6 Å². The van der Waals surface area contributed by atoms with Crippen molar-refractivity contribution in [2.75, 3.05) is 13.4 Å². The Kier molecular flexibility index (Phi) is 5.22. The summed E-state index contributed by atoms with van der Waals surface area (Å²) in [6, 6.07) is 9.95. The monoisotopic (exact) mass is 196 g/mol. The number of hydrogen-bond acceptors (Lipinski definition) is 3. The largest absolute Gasteiger partial charge is 0.374 e. The summed E-state index contributed by atoms with van der Waals surface area (Å²) in [5.41, 5.74) is 1.14. The molecule has 1 rings (SSSR count). The molecule has 0 radical (unpaired) electrons. The van der Waals surface area contributed by atoms with E-state index in [0.717, 1.165) is 5.56 Å². The van der Waals surface area contributed by atoms with Crippen LogP contribution in [0.2, 0.25) is 0 Å². The lowest BCUT2D eigenvalue weighted by molar-refractivity contribution is -0.0759. The molecular weight excluding hydrogens is 180 g/mol. The zero-order chi connectivity index (χ0) is 10.2. The van der Waals surface area contributed by atoms with Crippen LogP contribution in [-0.4, -0.2) is 24.6 Å². The van der Waals surface area contributed by atoms with E-state index < -0.39 is 0 Å². The number of aliphatic hydroxyl groups excluding tert-OH is 1. The van der Waals surface area contributed by atoms with Crippen LogP contribution in [0, 0.1) is 0 Å². The molecule has 3 heteroatoms. The van der Waals surface area contributed by atoms with E-state index in [1.165, 1.54) is 0 Å². The molecule has 1 N–H and O–H groups in total. The molecule has 0 saturated heterocycles. The van der Waals surface area contributed by atoms with Gasteiger partial charge in [-0.15, -0.1) is 0 Å². The summed E-state index contributed by atoms with van der Waals surface area (Å²) in [6.45, 7) is 2.69. The molecule has 0 bridgehead atoms. The molecule has 1 atom stereocenters. The lowest BCUT2D eigenvalue weighted by atomic mass is 10.2. The maximum absolute atomic E-state index is 8.48. The van der Waals surface area contributed by atoms with Crippen molar-refractivity contribution in [2.45, 2.75) is 19.6 Å². The van der Waals surface area contributed by atoms with Crippen molar-refractivity contribution in [3.63, 3.8) is 0 Å². The zero-order valence-corrected chi connectivity index (χ0v) is 8.35. The molecule has 0 aromatic heterocycles. The molecule has 0 amide bonds. The number of rotatable bonds is 6. The summed E-state index contributed by atoms with van der Waals surface area (Å²) in [5.74, 6) is 0. The average Bonchev–Trinajstić information content (AvgIpc) is 2.20. The Labute approximate surface area is 84.3 Å². The Morgan fingerprint density at radius 3 is 2.64 bits per heavy atom. The van der Waals surface area contributed by atoms with Crippen LogP contribution < -0.4 is 0 Å². The molecule has 1 unspecified atom stereocenters. The van der Waals surface area contributed by atoms with E-state index in [0.29, 0.717) is 13.2 Å². The second kappa shape index (κ2) is 6.54. The summed E-state index contributed by atoms with van der Waals surface area (Å²) in [4.78, 5) is 0. The Hall–Kier alpha value is -0.900. The van der Waals surface area contributed by atoms with E-state index in [4.69, 9.17) is 14.6 Å². The molecule has 1 aromatic carbocycles. The molecule has 0 aliphatic carbocycles. The van der Waals surface area contributed by atoms with Crippen LogP contribution in [0.25, 0.3) is 0 Å². The average molecular weight is 196 g/mol. The minimum atomic E-state index is -0.254. The number of hydrogen-bond donors (Lipinski definition) is 1. The number of benzene rings is 1. The van der Waals surface area contributed by atoms with Gasteiger partial charge in [0.25, 0.3) is 0 Å². The van der Waals surface area contributed by atoms with Crippen molar-refractivity contribution in [1.82, 2.24) is 0 Å². The lowest BCUT2D eigenvalue weighted by Gasteiger charge is -2.11. The Morgan fingerprint density at radius 1 is 1.29 bits per heavy atom. The van der Waals surface area contributed by atoms with Crippen LogP contribution in [0.1, 0.15) is 12.5 Å². The van der Waals surface area contributed by atoms with E-state index in [2.05, 4.69) is 0 Å². The normalized spacial score (nSPS) is 12.7. The zero-order valence-electron chi connectivity index (χ0n) is 8.35. The van der Waals surface area contributed by atoms with Crippen LogP contribution in [0.4, 0.5) is 0 Å². The summed E-state index contributed by atoms with van der Waals surface area (Å²) in [5, 5.41) is 8.48. The lowest BCUT2D eigenvalue weighted by Crippen LogP contribution is -2.16. The van der Waals surface area contributed by atoms with Gasteiger partial charge in [-0.2, -0.15) is 0 Å². The van der Waals surface area contributed by atoms with Crippen molar-refractivity contribution in [3.05, 3.63) is 35.9 Å². The van der Waals surface area contributed by atoms with E-state index in [-0.39, 0.29) is 12.9 Å². The van der Waals surface area contributed by atoms with E-state index in [9.17, 15) is 0 Å². The maximum Gasteiger partial charge on any atom is 0.144 e. The number of aliphatic hydroxyl groups is 1. The van der Waals surface area contributed by atoms with Gasteiger partial charge in [0.15, 0.2) is 0 Å². The third-order valence-electron chi connectivity index (χ3n) is 1.82. The van der Waals surface area contributed by atoms with E-state index in [1.807, 2.05) is 37.3 Å². The molecule has 1 aromatic rings. The summed E-state index contributed by atoms with van der Waals surface area (Å²) in [6.07, 6.45) is -0.0660. The van der Waals surface area contributed by atoms with E-state index in [1.54, 1.807) is 0 Å². The van der Waals surface area contributed by atoms with Crippen LogP contribution >= 0.6 is 0 Å². The fraction of sp³-hybridized carbons (Fsp3) is 0.455. The third-order valence-corrected chi connectivity index (χ3v) is 1.82. The van der Waals surface area contributed by atoms with Gasteiger partial charge in [0.05, 0.1) is 19.3 Å². The first kappa shape index (κ1) is 11.2. The SMILES string of the molecule is CC(COCc1ccccc1)OCO. The summed E-state index contributed by atoms with van der Waals surface area (Å²) < 4.78 is 10.3. The molecule has 78 valence electrons. The van der Waals surface area contributed by atoms with Crippen molar-refractivity contribution in [3.8, 4) is 0 Å². The van der Waals surface area contributed by atoms with Gasteiger partial charge in [0.1, 0.15) is 6.79 Å². The van der Waals surface area contributed by atoms with Gasteiger partial charge in [-0.25, -0.2) is 0 Å². The predicted octanol–water partition coefficient (Wildman–Crippen LogP) is 1.56. The third kappa shape index (κ3) is 4.37. The highest BCUT2D eigenvalue weighted by Crippen LogP contribution is 2.01. The van der Waals surface area contributed by atoms with Gasteiger partial charge >= 0.3 is 0 Å². The van der Waals surface area contributed by atoms with Crippen molar-refractivity contribution in [1.29, 1.82) is 0 Å². The highest BCUT2D eigenvalue weighted by atomic mass is 16.6. The standard InChI is InChI=1S/C11H16O3/c1-10(14-9-12)7-13-8-11-5-3-2-4-6-11/h2-6,10,12H,7-9H2,1H3. The van der Waals surface area contributed by atoms with Crippen LogP contribution in [0.3, 0.4) is 0 Å².